The van der Waals surface area contributed by atoms with Crippen LogP contribution in [0.15, 0.2) is 24.3 Å². The average Bonchev–Trinajstić information content (AvgIpc) is 2.48. The largest absolute Gasteiger partial charge is 0.354 e. The van der Waals surface area contributed by atoms with Crippen LogP contribution in [-0.2, 0) is 10.2 Å². The number of amides is 1. The molecule has 0 saturated heterocycles. The van der Waals surface area contributed by atoms with E-state index in [1.807, 2.05) is 13.1 Å². The van der Waals surface area contributed by atoms with E-state index >= 15 is 0 Å². The number of likely N-dealkylation sites (N-methyl/N-ethyl adjacent to an activating group) is 1. The summed E-state index contributed by atoms with van der Waals surface area (Å²) in [7, 11) is 1.86. The number of nitrogens with one attached hydrogen (secondary N) is 2. The lowest BCUT2D eigenvalue weighted by molar-refractivity contribution is -0.128. The van der Waals surface area contributed by atoms with Gasteiger partial charge < -0.3 is 10.6 Å². The molecule has 118 valence electrons. The highest BCUT2D eigenvalue weighted by Gasteiger charge is 2.40. The van der Waals surface area contributed by atoms with Crippen molar-refractivity contribution in [3.63, 3.8) is 0 Å². The molecule has 1 amide bonds. The molecule has 3 nitrogen and oxygen atoms in total. The van der Waals surface area contributed by atoms with Crippen molar-refractivity contribution in [1.82, 2.24) is 10.6 Å². The first-order valence-corrected chi connectivity index (χ1v) is 7.38. The number of halogens is 2. The third-order valence-electron chi connectivity index (χ3n) is 4.18. The second kappa shape index (κ2) is 8.35. The predicted molar refractivity (Wildman–Crippen MR) is 85.3 cm³/mol. The Morgan fingerprint density at radius 3 is 2.57 bits per heavy atom. The molecule has 0 atom stereocenters. The first kappa shape index (κ1) is 17.9. The zero-order valence-corrected chi connectivity index (χ0v) is 13.3. The standard InChI is InChI=1S/C16H23FN2O.ClH/c1-18-10-11-19-15(20)16(8-3-2-4-9-16)13-6-5-7-14(17)12-13;/h5-7,12,18H,2-4,8-11H2,1H3,(H,19,20);1H. The molecule has 2 rings (SSSR count). The van der Waals surface area contributed by atoms with Gasteiger partial charge in [-0.15, -0.1) is 12.4 Å². The van der Waals surface area contributed by atoms with Crippen molar-refractivity contribution in [2.24, 2.45) is 0 Å². The Hall–Kier alpha value is -1.13. The summed E-state index contributed by atoms with van der Waals surface area (Å²) in [6, 6.07) is 6.52. The van der Waals surface area contributed by atoms with Gasteiger partial charge in [-0.3, -0.25) is 4.79 Å². The Balaban J connectivity index is 0.00000220. The van der Waals surface area contributed by atoms with Crippen LogP contribution < -0.4 is 10.6 Å². The van der Waals surface area contributed by atoms with Crippen molar-refractivity contribution in [2.45, 2.75) is 37.5 Å². The number of hydrogen-bond acceptors (Lipinski definition) is 2. The maximum Gasteiger partial charge on any atom is 0.230 e. The molecule has 0 spiro atoms. The van der Waals surface area contributed by atoms with Gasteiger partial charge in [-0.1, -0.05) is 31.4 Å². The molecule has 1 saturated carbocycles. The van der Waals surface area contributed by atoms with Gasteiger partial charge >= 0.3 is 0 Å². The SMILES string of the molecule is CNCCNC(=O)C1(c2cccc(F)c2)CCCCC1.Cl. The Labute approximate surface area is 132 Å². The van der Waals surface area contributed by atoms with Gasteiger partial charge in [0.05, 0.1) is 5.41 Å². The summed E-state index contributed by atoms with van der Waals surface area (Å²) < 4.78 is 13.5. The van der Waals surface area contributed by atoms with E-state index in [1.54, 1.807) is 6.07 Å². The molecule has 0 radical (unpaired) electrons. The second-order valence-corrected chi connectivity index (χ2v) is 5.51. The van der Waals surface area contributed by atoms with Gasteiger partial charge in [-0.2, -0.15) is 0 Å². The van der Waals surface area contributed by atoms with Gasteiger partial charge in [0, 0.05) is 13.1 Å². The summed E-state index contributed by atoms with van der Waals surface area (Å²) in [5.74, 6) is -0.228. The third-order valence-corrected chi connectivity index (χ3v) is 4.18. The highest BCUT2D eigenvalue weighted by atomic mass is 35.5. The Morgan fingerprint density at radius 1 is 1.24 bits per heavy atom. The first-order chi connectivity index (χ1) is 9.69. The molecule has 1 aromatic carbocycles. The summed E-state index contributed by atoms with van der Waals surface area (Å²) in [6.07, 6.45) is 4.82. The van der Waals surface area contributed by atoms with Crippen LogP contribution >= 0.6 is 12.4 Å². The fourth-order valence-corrected chi connectivity index (χ4v) is 3.06. The lowest BCUT2D eigenvalue weighted by Gasteiger charge is -2.36. The number of hydrogen-bond donors (Lipinski definition) is 2. The van der Waals surface area contributed by atoms with E-state index in [0.717, 1.165) is 44.2 Å². The number of rotatable bonds is 5. The molecule has 1 aliphatic carbocycles. The average molecular weight is 315 g/mol. The van der Waals surface area contributed by atoms with Gasteiger partial charge in [-0.25, -0.2) is 4.39 Å². The van der Waals surface area contributed by atoms with Crippen molar-refractivity contribution in [1.29, 1.82) is 0 Å². The first-order valence-electron chi connectivity index (χ1n) is 7.38. The van der Waals surface area contributed by atoms with Crippen LogP contribution in [0.5, 0.6) is 0 Å². The quantitative estimate of drug-likeness (QED) is 0.821. The van der Waals surface area contributed by atoms with E-state index in [2.05, 4.69) is 10.6 Å². The Morgan fingerprint density at radius 2 is 1.95 bits per heavy atom. The lowest BCUT2D eigenvalue weighted by Crippen LogP contribution is -2.47. The molecule has 21 heavy (non-hydrogen) atoms. The minimum Gasteiger partial charge on any atom is -0.354 e. The normalized spacial score (nSPS) is 16.9. The minimum absolute atomic E-state index is 0. The fourth-order valence-electron chi connectivity index (χ4n) is 3.06. The Bertz CT molecular complexity index is 461. The lowest BCUT2D eigenvalue weighted by atomic mass is 9.68. The molecule has 1 aliphatic rings. The van der Waals surface area contributed by atoms with Gasteiger partial charge in [0.15, 0.2) is 0 Å². The minimum atomic E-state index is -0.548. The van der Waals surface area contributed by atoms with Crippen molar-refractivity contribution in [3.8, 4) is 0 Å². The van der Waals surface area contributed by atoms with E-state index in [1.165, 1.54) is 12.1 Å². The Kier molecular flexibility index (Phi) is 7.12. The van der Waals surface area contributed by atoms with Crippen molar-refractivity contribution < 1.29 is 9.18 Å². The summed E-state index contributed by atoms with van der Waals surface area (Å²) in [6.45, 7) is 1.34. The number of benzene rings is 1. The predicted octanol–water partition coefficient (Wildman–Crippen LogP) is 2.79. The van der Waals surface area contributed by atoms with Crippen molar-refractivity contribution in [2.75, 3.05) is 20.1 Å². The fraction of sp³-hybridized carbons (Fsp3) is 0.562. The number of carbonyl (C=O) groups excluding carboxylic acids is 1. The van der Waals surface area contributed by atoms with Crippen LogP contribution in [0.2, 0.25) is 0 Å². The second-order valence-electron chi connectivity index (χ2n) is 5.51. The summed E-state index contributed by atoms with van der Waals surface area (Å²) in [5, 5.41) is 6.00. The molecule has 0 aromatic heterocycles. The van der Waals surface area contributed by atoms with Crippen LogP contribution in [0.3, 0.4) is 0 Å². The molecule has 0 unspecified atom stereocenters. The molecule has 5 heteroatoms. The monoisotopic (exact) mass is 314 g/mol. The molecule has 2 N–H and O–H groups in total. The zero-order chi connectivity index (χ0) is 14.4. The van der Waals surface area contributed by atoms with E-state index in [0.29, 0.717) is 6.54 Å². The third kappa shape index (κ3) is 4.17. The van der Waals surface area contributed by atoms with Gasteiger partial charge in [-0.05, 0) is 37.6 Å². The highest BCUT2D eigenvalue weighted by molar-refractivity contribution is 5.88. The van der Waals surface area contributed by atoms with Crippen LogP contribution in [0, 0.1) is 5.82 Å². The summed E-state index contributed by atoms with van der Waals surface area (Å²) in [5.41, 5.74) is 0.271. The smallest absolute Gasteiger partial charge is 0.230 e. The maximum atomic E-state index is 13.5. The van der Waals surface area contributed by atoms with E-state index in [-0.39, 0.29) is 24.1 Å². The maximum absolute atomic E-state index is 13.5. The molecular weight excluding hydrogens is 291 g/mol. The van der Waals surface area contributed by atoms with E-state index in [4.69, 9.17) is 0 Å². The van der Waals surface area contributed by atoms with Gasteiger partial charge in [0.1, 0.15) is 5.82 Å². The molecule has 0 bridgehead atoms. The molecule has 0 heterocycles. The molecule has 0 aliphatic heterocycles. The van der Waals surface area contributed by atoms with Crippen molar-refractivity contribution in [3.05, 3.63) is 35.6 Å². The number of carbonyl (C=O) groups is 1. The molecular formula is C16H24ClFN2O. The highest BCUT2D eigenvalue weighted by Crippen LogP contribution is 2.39. The summed E-state index contributed by atoms with van der Waals surface area (Å²) in [4.78, 5) is 12.6. The van der Waals surface area contributed by atoms with Gasteiger partial charge in [0.25, 0.3) is 0 Å². The van der Waals surface area contributed by atoms with Crippen LogP contribution in [0.4, 0.5) is 4.39 Å². The topological polar surface area (TPSA) is 41.1 Å². The van der Waals surface area contributed by atoms with Crippen LogP contribution in [0.1, 0.15) is 37.7 Å². The van der Waals surface area contributed by atoms with E-state index in [9.17, 15) is 9.18 Å². The zero-order valence-electron chi connectivity index (χ0n) is 12.5. The molecule has 1 aromatic rings. The van der Waals surface area contributed by atoms with Crippen LogP contribution in [-0.4, -0.2) is 26.0 Å². The molecule has 1 fully saturated rings. The summed E-state index contributed by atoms with van der Waals surface area (Å²) >= 11 is 0. The van der Waals surface area contributed by atoms with Crippen molar-refractivity contribution >= 4 is 18.3 Å². The van der Waals surface area contributed by atoms with Crippen LogP contribution in [0.25, 0.3) is 0 Å². The van der Waals surface area contributed by atoms with Gasteiger partial charge in [0.2, 0.25) is 5.91 Å². The van der Waals surface area contributed by atoms with E-state index < -0.39 is 5.41 Å².